The Bertz CT molecular complexity index is 1330. The lowest BCUT2D eigenvalue weighted by atomic mass is 10.2. The first-order chi connectivity index (χ1) is 14.5. The summed E-state index contributed by atoms with van der Waals surface area (Å²) in [5.74, 6) is 0.267. The number of anilines is 1. The maximum Gasteiger partial charge on any atom is 0.333 e. The van der Waals surface area contributed by atoms with Gasteiger partial charge >= 0.3 is 5.69 Å². The monoisotopic (exact) mass is 404 g/mol. The number of rotatable bonds is 5. The Labute approximate surface area is 171 Å². The number of nitrogens with one attached hydrogen (secondary N) is 2. The fourth-order valence-electron chi connectivity index (χ4n) is 3.36. The highest BCUT2D eigenvalue weighted by molar-refractivity contribution is 6.11. The van der Waals surface area contributed by atoms with Gasteiger partial charge in [-0.05, 0) is 43.3 Å². The van der Waals surface area contributed by atoms with Gasteiger partial charge in [0.1, 0.15) is 11.3 Å². The van der Waals surface area contributed by atoms with Gasteiger partial charge in [0.2, 0.25) is 0 Å². The second-order valence-corrected chi connectivity index (χ2v) is 6.70. The average molecular weight is 404 g/mol. The number of carbonyl (C=O) groups is 1. The molecule has 0 saturated heterocycles. The molecule has 0 unspecified atom stereocenters. The summed E-state index contributed by atoms with van der Waals surface area (Å²) in [4.78, 5) is 41.2. The van der Waals surface area contributed by atoms with Crippen LogP contribution in [0.1, 0.15) is 17.3 Å². The summed E-state index contributed by atoms with van der Waals surface area (Å²) >= 11 is 0. The molecular weight excluding hydrogens is 384 g/mol. The lowest BCUT2D eigenvalue weighted by Gasteiger charge is -2.07. The van der Waals surface area contributed by atoms with Gasteiger partial charge in [-0.25, -0.2) is 9.36 Å². The molecule has 2 N–H and O–H groups in total. The second-order valence-electron chi connectivity index (χ2n) is 6.70. The molecule has 0 fully saturated rings. The van der Waals surface area contributed by atoms with Gasteiger partial charge in [0, 0.05) is 18.9 Å². The molecule has 30 heavy (non-hydrogen) atoms. The van der Waals surface area contributed by atoms with Crippen LogP contribution in [0.25, 0.3) is 16.7 Å². The molecule has 0 aliphatic rings. The van der Waals surface area contributed by atoms with E-state index in [2.05, 4.69) is 10.3 Å². The largest absolute Gasteiger partial charge is 0.494 e. The van der Waals surface area contributed by atoms with Crippen LogP contribution in [-0.4, -0.2) is 26.6 Å². The lowest BCUT2D eigenvalue weighted by Crippen LogP contribution is -2.34. The van der Waals surface area contributed by atoms with Crippen molar-refractivity contribution in [1.29, 1.82) is 0 Å². The number of aryl methyl sites for hydroxylation is 1. The molecule has 1 amide bonds. The number of ether oxygens (including phenoxy) is 1. The van der Waals surface area contributed by atoms with E-state index in [1.807, 2.05) is 6.92 Å². The van der Waals surface area contributed by atoms with E-state index in [0.717, 1.165) is 4.57 Å². The van der Waals surface area contributed by atoms with Crippen molar-refractivity contribution in [2.45, 2.75) is 6.92 Å². The van der Waals surface area contributed by atoms with E-state index in [1.54, 1.807) is 66.2 Å². The van der Waals surface area contributed by atoms with E-state index in [1.165, 1.54) is 6.20 Å². The maximum absolute atomic E-state index is 13.0. The van der Waals surface area contributed by atoms with E-state index in [-0.39, 0.29) is 16.6 Å². The number of nitrogens with zero attached hydrogens (tertiary/aromatic N) is 2. The van der Waals surface area contributed by atoms with Gasteiger partial charge in [-0.3, -0.25) is 9.59 Å². The van der Waals surface area contributed by atoms with Gasteiger partial charge in [-0.1, -0.05) is 18.2 Å². The van der Waals surface area contributed by atoms with Crippen molar-refractivity contribution < 1.29 is 9.53 Å². The third-order valence-electron chi connectivity index (χ3n) is 4.70. The molecule has 0 atom stereocenters. The van der Waals surface area contributed by atoms with Crippen LogP contribution in [0.5, 0.6) is 5.75 Å². The van der Waals surface area contributed by atoms with Crippen LogP contribution in [0.4, 0.5) is 5.69 Å². The zero-order valence-corrected chi connectivity index (χ0v) is 16.5. The number of benzene rings is 2. The average Bonchev–Trinajstić information content (AvgIpc) is 3.07. The third-order valence-corrected chi connectivity index (χ3v) is 4.70. The van der Waals surface area contributed by atoms with Crippen LogP contribution in [0.3, 0.4) is 0 Å². The van der Waals surface area contributed by atoms with Crippen molar-refractivity contribution in [2.75, 3.05) is 11.9 Å². The number of para-hydroxylation sites is 1. The molecule has 8 nitrogen and oxygen atoms in total. The Morgan fingerprint density at radius 2 is 1.77 bits per heavy atom. The summed E-state index contributed by atoms with van der Waals surface area (Å²) in [6, 6.07) is 15.6. The zero-order valence-electron chi connectivity index (χ0n) is 16.5. The van der Waals surface area contributed by atoms with E-state index in [4.69, 9.17) is 4.74 Å². The Kier molecular flexibility index (Phi) is 4.97. The highest BCUT2D eigenvalue weighted by Gasteiger charge is 2.20. The molecule has 0 aliphatic heterocycles. The molecule has 0 saturated carbocycles. The van der Waals surface area contributed by atoms with E-state index >= 15 is 0 Å². The molecule has 2 aromatic heterocycles. The Hall–Kier alpha value is -4.07. The first-order valence-electron chi connectivity index (χ1n) is 9.43. The fraction of sp³-hybridized carbons (Fsp3) is 0.136. The molecule has 4 rings (SSSR count). The van der Waals surface area contributed by atoms with Gasteiger partial charge in [0.25, 0.3) is 11.5 Å². The highest BCUT2D eigenvalue weighted by atomic mass is 16.5. The number of H-pyrrole nitrogens is 1. The number of aromatic amines is 1. The van der Waals surface area contributed by atoms with Gasteiger partial charge in [-0.2, -0.15) is 0 Å². The number of fused-ring (bicyclic) bond motifs is 1. The van der Waals surface area contributed by atoms with Crippen molar-refractivity contribution >= 4 is 22.6 Å². The summed E-state index contributed by atoms with van der Waals surface area (Å²) in [6.45, 7) is 2.44. The summed E-state index contributed by atoms with van der Waals surface area (Å²) in [5, 5.41) is 2.78. The summed E-state index contributed by atoms with van der Waals surface area (Å²) in [7, 11) is 1.66. The number of hydrogen-bond donors (Lipinski definition) is 2. The summed E-state index contributed by atoms with van der Waals surface area (Å²) in [6.07, 6.45) is 1.53. The minimum absolute atomic E-state index is 0.197. The minimum atomic E-state index is -0.611. The van der Waals surface area contributed by atoms with Crippen molar-refractivity contribution in [3.05, 3.63) is 87.2 Å². The smallest absolute Gasteiger partial charge is 0.333 e. The van der Waals surface area contributed by atoms with Crippen LogP contribution in [0.2, 0.25) is 0 Å². The predicted molar refractivity (Wildman–Crippen MR) is 115 cm³/mol. The standard InChI is InChI=1S/C22H20N4O4/c1-3-30-16-11-9-14(10-12-16)23-20(27)17-13-25(2)19-18(17)24-22(29)26(21(19)28)15-7-5-4-6-8-15/h4-13H,3H2,1-2H3,(H,23,27)(H,24,29). The first-order valence-corrected chi connectivity index (χ1v) is 9.43. The molecule has 0 bridgehead atoms. The second kappa shape index (κ2) is 7.75. The number of hydrogen-bond acceptors (Lipinski definition) is 4. The molecule has 8 heteroatoms. The number of amides is 1. The first kappa shape index (κ1) is 19.3. The van der Waals surface area contributed by atoms with E-state index in [9.17, 15) is 14.4 Å². The molecule has 0 aliphatic carbocycles. The maximum atomic E-state index is 13.0. The van der Waals surface area contributed by atoms with Crippen LogP contribution < -0.4 is 21.3 Å². The Balaban J connectivity index is 1.75. The fourth-order valence-corrected chi connectivity index (χ4v) is 3.36. The van der Waals surface area contributed by atoms with Crippen molar-refractivity contribution in [1.82, 2.24) is 14.1 Å². The van der Waals surface area contributed by atoms with Gasteiger partial charge in [0.15, 0.2) is 0 Å². The zero-order chi connectivity index (χ0) is 21.3. The molecule has 152 valence electrons. The van der Waals surface area contributed by atoms with Gasteiger partial charge < -0.3 is 19.6 Å². The SMILES string of the molecule is CCOc1ccc(NC(=O)c2cn(C)c3c(=O)n(-c4ccccc4)c(=O)[nH]c23)cc1. The van der Waals surface area contributed by atoms with Gasteiger partial charge in [0.05, 0.1) is 23.4 Å². The van der Waals surface area contributed by atoms with Crippen LogP contribution >= 0.6 is 0 Å². The molecule has 2 heterocycles. The van der Waals surface area contributed by atoms with E-state index < -0.39 is 17.2 Å². The normalized spacial score (nSPS) is 10.9. The molecule has 0 radical (unpaired) electrons. The van der Waals surface area contributed by atoms with Crippen molar-refractivity contribution in [3.63, 3.8) is 0 Å². The van der Waals surface area contributed by atoms with Gasteiger partial charge in [-0.15, -0.1) is 0 Å². The van der Waals surface area contributed by atoms with Crippen molar-refractivity contribution in [2.24, 2.45) is 7.05 Å². The number of aromatic nitrogens is 3. The minimum Gasteiger partial charge on any atom is -0.494 e. The third kappa shape index (κ3) is 3.39. The summed E-state index contributed by atoms with van der Waals surface area (Å²) in [5.41, 5.74) is 0.546. The van der Waals surface area contributed by atoms with Crippen LogP contribution in [-0.2, 0) is 7.05 Å². The molecule has 4 aromatic rings. The predicted octanol–water partition coefficient (Wildman–Crippen LogP) is 2.67. The molecule has 2 aromatic carbocycles. The quantitative estimate of drug-likeness (QED) is 0.534. The number of carbonyl (C=O) groups excluding carboxylic acids is 1. The highest BCUT2D eigenvalue weighted by Crippen LogP contribution is 2.19. The van der Waals surface area contributed by atoms with E-state index in [0.29, 0.717) is 23.7 Å². The Morgan fingerprint density at radius 3 is 2.43 bits per heavy atom. The van der Waals surface area contributed by atoms with Crippen LogP contribution in [0.15, 0.2) is 70.4 Å². The molecular formula is C22H20N4O4. The topological polar surface area (TPSA) is 98.1 Å². The van der Waals surface area contributed by atoms with Crippen LogP contribution in [0, 0.1) is 0 Å². The lowest BCUT2D eigenvalue weighted by molar-refractivity contribution is 0.102. The Morgan fingerprint density at radius 1 is 1.07 bits per heavy atom. The summed E-state index contributed by atoms with van der Waals surface area (Å²) < 4.78 is 7.99. The van der Waals surface area contributed by atoms with Crippen molar-refractivity contribution in [3.8, 4) is 11.4 Å². The molecule has 0 spiro atoms.